The lowest BCUT2D eigenvalue weighted by atomic mass is 9.90. The standard InChI is InChI=1S/C18H28N2O/c1-4-18(2)13-19-17(15-7-8-15)12-20(18)11-14-5-9-16(21-3)10-6-14/h5-6,9-10,15,17,19H,4,7-8,11-13H2,1-3H3. The van der Waals surface area contributed by atoms with E-state index in [-0.39, 0.29) is 5.54 Å². The predicted octanol–water partition coefficient (Wildman–Crippen LogP) is 3.05. The van der Waals surface area contributed by atoms with Gasteiger partial charge in [-0.2, -0.15) is 0 Å². The van der Waals surface area contributed by atoms with E-state index < -0.39 is 0 Å². The van der Waals surface area contributed by atoms with E-state index in [0.717, 1.165) is 24.8 Å². The van der Waals surface area contributed by atoms with Crippen LogP contribution in [0.3, 0.4) is 0 Å². The van der Waals surface area contributed by atoms with Crippen LogP contribution in [0.15, 0.2) is 24.3 Å². The van der Waals surface area contributed by atoms with Crippen molar-refractivity contribution in [2.24, 2.45) is 5.92 Å². The van der Waals surface area contributed by atoms with Gasteiger partial charge in [0.25, 0.3) is 0 Å². The molecular weight excluding hydrogens is 260 g/mol. The van der Waals surface area contributed by atoms with E-state index in [4.69, 9.17) is 4.74 Å². The van der Waals surface area contributed by atoms with Crippen molar-refractivity contribution in [3.8, 4) is 5.75 Å². The molecule has 21 heavy (non-hydrogen) atoms. The van der Waals surface area contributed by atoms with Crippen LogP contribution in [0.2, 0.25) is 0 Å². The van der Waals surface area contributed by atoms with Gasteiger partial charge in [0.05, 0.1) is 7.11 Å². The molecule has 0 amide bonds. The number of nitrogens with zero attached hydrogens (tertiary/aromatic N) is 1. The quantitative estimate of drug-likeness (QED) is 0.901. The molecule has 3 heteroatoms. The van der Waals surface area contributed by atoms with Crippen LogP contribution < -0.4 is 10.1 Å². The Morgan fingerprint density at radius 3 is 2.57 bits per heavy atom. The second-order valence-electron chi connectivity index (χ2n) is 6.90. The van der Waals surface area contributed by atoms with Gasteiger partial charge in [0, 0.05) is 31.2 Å². The molecule has 1 heterocycles. The maximum absolute atomic E-state index is 5.25. The zero-order chi connectivity index (χ0) is 14.9. The van der Waals surface area contributed by atoms with Crippen LogP contribution in [0.1, 0.15) is 38.7 Å². The molecule has 0 spiro atoms. The van der Waals surface area contributed by atoms with E-state index in [0.29, 0.717) is 6.04 Å². The van der Waals surface area contributed by atoms with Crippen molar-refractivity contribution in [1.82, 2.24) is 10.2 Å². The molecule has 0 radical (unpaired) electrons. The maximum atomic E-state index is 5.25. The minimum Gasteiger partial charge on any atom is -0.497 e. The van der Waals surface area contributed by atoms with E-state index in [1.165, 1.54) is 31.4 Å². The Balaban J connectivity index is 1.71. The average Bonchev–Trinajstić information content (AvgIpc) is 3.35. The maximum Gasteiger partial charge on any atom is 0.118 e. The lowest BCUT2D eigenvalue weighted by molar-refractivity contribution is 0.0369. The number of hydrogen-bond acceptors (Lipinski definition) is 3. The molecule has 0 bridgehead atoms. The normalized spacial score (nSPS) is 30.3. The highest BCUT2D eigenvalue weighted by molar-refractivity contribution is 5.27. The second kappa shape index (κ2) is 5.98. The molecule has 1 aromatic carbocycles. The topological polar surface area (TPSA) is 24.5 Å². The van der Waals surface area contributed by atoms with Gasteiger partial charge in [0.1, 0.15) is 5.75 Å². The summed E-state index contributed by atoms with van der Waals surface area (Å²) in [5.74, 6) is 1.86. The van der Waals surface area contributed by atoms with Crippen LogP contribution in [-0.2, 0) is 6.54 Å². The summed E-state index contributed by atoms with van der Waals surface area (Å²) in [6.07, 6.45) is 4.02. The third-order valence-corrected chi connectivity index (χ3v) is 5.41. The highest BCUT2D eigenvalue weighted by Gasteiger charge is 2.41. The fourth-order valence-corrected chi connectivity index (χ4v) is 3.35. The van der Waals surface area contributed by atoms with Crippen LogP contribution in [0, 0.1) is 5.92 Å². The summed E-state index contributed by atoms with van der Waals surface area (Å²) in [7, 11) is 1.72. The Morgan fingerprint density at radius 2 is 2.00 bits per heavy atom. The molecule has 2 atom stereocenters. The molecule has 2 unspecified atom stereocenters. The predicted molar refractivity (Wildman–Crippen MR) is 86.6 cm³/mol. The van der Waals surface area contributed by atoms with E-state index in [9.17, 15) is 0 Å². The molecule has 3 nitrogen and oxygen atoms in total. The highest BCUT2D eigenvalue weighted by atomic mass is 16.5. The van der Waals surface area contributed by atoms with Gasteiger partial charge in [-0.15, -0.1) is 0 Å². The molecular formula is C18H28N2O. The van der Waals surface area contributed by atoms with Crippen molar-refractivity contribution in [1.29, 1.82) is 0 Å². The highest BCUT2D eigenvalue weighted by Crippen LogP contribution is 2.36. The van der Waals surface area contributed by atoms with E-state index in [1.807, 2.05) is 0 Å². The van der Waals surface area contributed by atoms with Gasteiger partial charge < -0.3 is 10.1 Å². The summed E-state index contributed by atoms with van der Waals surface area (Å²) in [6, 6.07) is 9.23. The third-order valence-electron chi connectivity index (χ3n) is 5.41. The van der Waals surface area contributed by atoms with Crippen molar-refractivity contribution in [2.75, 3.05) is 20.2 Å². The van der Waals surface area contributed by atoms with E-state index in [1.54, 1.807) is 7.11 Å². The molecule has 1 aliphatic heterocycles. The number of piperazine rings is 1. The average molecular weight is 288 g/mol. The first-order valence-corrected chi connectivity index (χ1v) is 8.26. The first-order valence-electron chi connectivity index (χ1n) is 8.26. The van der Waals surface area contributed by atoms with Crippen LogP contribution in [-0.4, -0.2) is 36.7 Å². The van der Waals surface area contributed by atoms with Crippen LogP contribution >= 0.6 is 0 Å². The van der Waals surface area contributed by atoms with Gasteiger partial charge in [-0.25, -0.2) is 0 Å². The Kier molecular flexibility index (Phi) is 4.23. The molecule has 2 aliphatic rings. The second-order valence-corrected chi connectivity index (χ2v) is 6.90. The largest absolute Gasteiger partial charge is 0.497 e. The van der Waals surface area contributed by atoms with E-state index in [2.05, 4.69) is 48.3 Å². The van der Waals surface area contributed by atoms with Crippen LogP contribution in [0.5, 0.6) is 5.75 Å². The van der Waals surface area contributed by atoms with Crippen molar-refractivity contribution in [2.45, 2.75) is 51.2 Å². The molecule has 0 aromatic heterocycles. The van der Waals surface area contributed by atoms with Gasteiger partial charge >= 0.3 is 0 Å². The Hall–Kier alpha value is -1.06. The summed E-state index contributed by atoms with van der Waals surface area (Å²) >= 11 is 0. The van der Waals surface area contributed by atoms with Gasteiger partial charge in [-0.3, -0.25) is 4.90 Å². The number of hydrogen-bond donors (Lipinski definition) is 1. The lowest BCUT2D eigenvalue weighted by Crippen LogP contribution is -2.63. The van der Waals surface area contributed by atoms with Gasteiger partial charge in [0.15, 0.2) is 0 Å². The Bertz CT molecular complexity index is 469. The van der Waals surface area contributed by atoms with Crippen molar-refractivity contribution < 1.29 is 4.74 Å². The minimum atomic E-state index is 0.269. The molecule has 1 aromatic rings. The Labute approximate surface area is 128 Å². The summed E-state index contributed by atoms with van der Waals surface area (Å²) in [4.78, 5) is 2.69. The first kappa shape index (κ1) is 14.9. The van der Waals surface area contributed by atoms with Crippen molar-refractivity contribution >= 4 is 0 Å². The van der Waals surface area contributed by atoms with Gasteiger partial charge in [-0.1, -0.05) is 19.1 Å². The van der Waals surface area contributed by atoms with Crippen LogP contribution in [0.25, 0.3) is 0 Å². The fraction of sp³-hybridized carbons (Fsp3) is 0.667. The SMILES string of the molecule is CCC1(C)CNC(C2CC2)CN1Cc1ccc(OC)cc1. The number of ether oxygens (including phenoxy) is 1. The summed E-state index contributed by atoms with van der Waals surface area (Å²) in [6.45, 7) is 8.04. The number of rotatable bonds is 5. The fourth-order valence-electron chi connectivity index (χ4n) is 3.35. The zero-order valence-electron chi connectivity index (χ0n) is 13.6. The molecule has 1 N–H and O–H groups in total. The molecule has 1 aliphatic carbocycles. The minimum absolute atomic E-state index is 0.269. The van der Waals surface area contributed by atoms with Gasteiger partial charge in [0.2, 0.25) is 0 Å². The Morgan fingerprint density at radius 1 is 1.29 bits per heavy atom. The summed E-state index contributed by atoms with van der Waals surface area (Å²) in [5.41, 5.74) is 1.65. The van der Waals surface area contributed by atoms with Crippen molar-refractivity contribution in [3.05, 3.63) is 29.8 Å². The lowest BCUT2D eigenvalue weighted by Gasteiger charge is -2.48. The molecule has 1 saturated heterocycles. The first-order chi connectivity index (χ1) is 10.1. The van der Waals surface area contributed by atoms with E-state index >= 15 is 0 Å². The number of nitrogens with one attached hydrogen (secondary N) is 1. The monoisotopic (exact) mass is 288 g/mol. The molecule has 1 saturated carbocycles. The summed E-state index contributed by atoms with van der Waals surface area (Å²) in [5, 5.41) is 3.79. The zero-order valence-corrected chi connectivity index (χ0v) is 13.6. The molecule has 2 fully saturated rings. The van der Waals surface area contributed by atoms with Crippen LogP contribution in [0.4, 0.5) is 0 Å². The summed E-state index contributed by atoms with van der Waals surface area (Å²) < 4.78 is 5.25. The smallest absolute Gasteiger partial charge is 0.118 e. The third kappa shape index (κ3) is 3.24. The number of methoxy groups -OCH3 is 1. The van der Waals surface area contributed by atoms with Gasteiger partial charge in [-0.05, 0) is 49.8 Å². The molecule has 3 rings (SSSR count). The number of benzene rings is 1. The van der Waals surface area contributed by atoms with Crippen molar-refractivity contribution in [3.63, 3.8) is 0 Å². The molecule has 116 valence electrons.